The van der Waals surface area contributed by atoms with Crippen LogP contribution in [0, 0.1) is 0 Å². The average Bonchev–Trinajstić information content (AvgIpc) is 4.12. The highest BCUT2D eigenvalue weighted by atomic mass is 35.5. The Morgan fingerprint density at radius 1 is 0.633 bits per heavy atom. The number of rotatable bonds is 19. The molecule has 20 heteroatoms. The first kappa shape index (κ1) is 64.7. The number of carbonyl (C=O) groups excluding carboxylic acids is 5. The Morgan fingerprint density at radius 2 is 1.04 bits per heavy atom. The van der Waals surface area contributed by atoms with Crippen LogP contribution in [0.4, 0.5) is 4.79 Å². The first-order valence-electron chi connectivity index (χ1n) is 23.7. The fourth-order valence-electron chi connectivity index (χ4n) is 6.61. The fourth-order valence-corrected chi connectivity index (χ4v) is 8.78. The maximum atomic E-state index is 13.0. The van der Waals surface area contributed by atoms with Gasteiger partial charge in [-0.1, -0.05) is 142 Å². The minimum Gasteiger partial charge on any atom is -0.477 e. The lowest BCUT2D eigenvalue weighted by atomic mass is 10.1. The molecule has 4 aromatic heterocycles. The lowest BCUT2D eigenvalue weighted by Gasteiger charge is -2.18. The van der Waals surface area contributed by atoms with Crippen LogP contribution < -0.4 is 22.1 Å². The minimum atomic E-state index is -1.16. The van der Waals surface area contributed by atoms with Crippen LogP contribution in [0.2, 0.25) is 0 Å². The number of fused-ring (bicyclic) bond motifs is 2. The third-order valence-corrected chi connectivity index (χ3v) is 12.9. The highest BCUT2D eigenvalue weighted by molar-refractivity contribution is 7.21. The van der Waals surface area contributed by atoms with Crippen LogP contribution in [0.5, 0.6) is 0 Å². The molecular formula is C59H63ClN6O11S2. The number of halogens is 1. The van der Waals surface area contributed by atoms with E-state index < -0.39 is 42.0 Å². The summed E-state index contributed by atoms with van der Waals surface area (Å²) in [4.78, 5) is 79.2. The van der Waals surface area contributed by atoms with Gasteiger partial charge < -0.3 is 46.2 Å². The molecule has 0 spiro atoms. The van der Waals surface area contributed by atoms with E-state index in [0.717, 1.165) is 59.4 Å². The van der Waals surface area contributed by atoms with Gasteiger partial charge in [0.1, 0.15) is 43.4 Å². The fraction of sp³-hybridized carbons (Fsp3) is 0.186. The number of pyridine rings is 2. The number of carboxylic acid groups (broad SMARTS) is 1. The first-order chi connectivity index (χ1) is 37.2. The standard InChI is InChI=1S/C29H27N3O5S.C11H9NO2S.C10H14N2O2.C8H8O2.CH4.ClH/c1-19(2)22-13-14-30-23-15-25(38-26(22)23)27(33)31-16-24(28(34)36-17-20-9-5-3-6-10-20)32-29(35)37-18-21-11-7-4-8-12-21;1-6(2)7-3-4-12-8-5-9(11(13)14)15-10(7)8;11-6-9(12)10(13)14-7-8-4-2-1-3-5-8;9-7-10-6-8-4-2-1-3-5-8;;/h3-15,24H,1,16-18H2,2H3,(H,31,33)(H,32,35);3-5H,1H2,2H3,(H,13,14);1-5,9H,6-7,11-12H2;1-5,7H,6H2;1H4;1H/t24-;;9-;;;/m1.1.../s1. The Balaban J connectivity index is 0.000000326. The molecular weight excluding hydrogens is 1070 g/mol. The third-order valence-electron chi connectivity index (χ3n) is 10.6. The first-order valence-corrected chi connectivity index (χ1v) is 25.3. The molecule has 8 aromatic rings. The lowest BCUT2D eigenvalue weighted by molar-refractivity contribution is -0.147. The van der Waals surface area contributed by atoms with Crippen molar-refractivity contribution in [2.45, 2.75) is 59.8 Å². The van der Waals surface area contributed by atoms with Gasteiger partial charge in [-0.2, -0.15) is 0 Å². The number of hydrogen-bond acceptors (Lipinski definition) is 16. The second-order valence-electron chi connectivity index (χ2n) is 16.6. The number of thiophene rings is 2. The molecule has 0 aliphatic carbocycles. The Kier molecular flexibility index (Phi) is 28.0. The molecule has 79 heavy (non-hydrogen) atoms. The van der Waals surface area contributed by atoms with E-state index in [9.17, 15) is 28.8 Å². The molecule has 414 valence electrons. The molecule has 2 amide bonds. The number of hydrogen-bond donors (Lipinski definition) is 5. The molecule has 0 bridgehead atoms. The molecule has 17 nitrogen and oxygen atoms in total. The summed E-state index contributed by atoms with van der Waals surface area (Å²) >= 11 is 2.52. The van der Waals surface area contributed by atoms with Gasteiger partial charge in [-0.3, -0.25) is 24.4 Å². The average molecular weight is 1130 g/mol. The number of ether oxygens (including phenoxy) is 4. The molecule has 8 rings (SSSR count). The predicted octanol–water partition coefficient (Wildman–Crippen LogP) is 10.6. The SMILES string of the molecule is C.C=C(C)c1ccnc2cc(C(=O)NC[C@@H](NC(=O)OCc3ccccc3)C(=O)OCc3ccccc3)sc12.C=C(C)c1ccnc2cc(C(=O)O)sc12.Cl.NC[C@@H](N)C(=O)OCc1ccccc1.O=COCc1ccccc1. The van der Waals surface area contributed by atoms with Crippen LogP contribution in [0.1, 0.15) is 74.0 Å². The monoisotopic (exact) mass is 1130 g/mol. The smallest absolute Gasteiger partial charge is 0.408 e. The van der Waals surface area contributed by atoms with Crippen molar-refractivity contribution in [3.8, 4) is 0 Å². The van der Waals surface area contributed by atoms with Crippen molar-refractivity contribution in [2.24, 2.45) is 11.5 Å². The summed E-state index contributed by atoms with van der Waals surface area (Å²) in [6.45, 7) is 12.7. The number of nitrogens with one attached hydrogen (secondary N) is 2. The topological polar surface area (TPSA) is 261 Å². The van der Waals surface area contributed by atoms with E-state index in [0.29, 0.717) is 28.4 Å². The summed E-state index contributed by atoms with van der Waals surface area (Å²) in [7, 11) is 0. The number of allylic oxidation sites excluding steroid dienone is 2. The van der Waals surface area contributed by atoms with Crippen molar-refractivity contribution in [3.63, 3.8) is 0 Å². The van der Waals surface area contributed by atoms with Gasteiger partial charge in [0.2, 0.25) is 0 Å². The van der Waals surface area contributed by atoms with E-state index >= 15 is 0 Å². The molecule has 0 saturated carbocycles. The van der Waals surface area contributed by atoms with E-state index in [1.54, 1.807) is 24.5 Å². The number of aromatic carboxylic acids is 1. The number of carbonyl (C=O) groups is 6. The Morgan fingerprint density at radius 3 is 1.46 bits per heavy atom. The Bertz CT molecular complexity index is 3240. The Hall–Kier alpha value is -8.59. The van der Waals surface area contributed by atoms with Crippen LogP contribution in [0.15, 0.2) is 171 Å². The van der Waals surface area contributed by atoms with Gasteiger partial charge in [0.15, 0.2) is 0 Å². The summed E-state index contributed by atoms with van der Waals surface area (Å²) in [5.41, 5.74) is 19.2. The zero-order chi connectivity index (χ0) is 55.5. The van der Waals surface area contributed by atoms with Gasteiger partial charge in [0, 0.05) is 25.5 Å². The lowest BCUT2D eigenvalue weighted by Crippen LogP contribution is -2.49. The molecule has 0 radical (unpaired) electrons. The highest BCUT2D eigenvalue weighted by Gasteiger charge is 2.25. The largest absolute Gasteiger partial charge is 0.477 e. The van der Waals surface area contributed by atoms with Gasteiger partial charge >= 0.3 is 24.0 Å². The summed E-state index contributed by atoms with van der Waals surface area (Å²) in [6.07, 6.45) is 2.54. The Labute approximate surface area is 472 Å². The number of amides is 2. The molecule has 2 atom stereocenters. The number of alkyl carbamates (subject to hydrolysis) is 1. The molecule has 0 aliphatic heterocycles. The number of esters is 2. The van der Waals surface area contributed by atoms with Crippen LogP contribution in [-0.2, 0) is 59.8 Å². The maximum absolute atomic E-state index is 13.0. The summed E-state index contributed by atoms with van der Waals surface area (Å²) in [5.74, 6) is -2.48. The van der Waals surface area contributed by atoms with Crippen molar-refractivity contribution in [3.05, 3.63) is 214 Å². The van der Waals surface area contributed by atoms with E-state index in [1.165, 1.54) is 22.7 Å². The van der Waals surface area contributed by atoms with Crippen LogP contribution >= 0.6 is 35.1 Å². The number of carboxylic acids is 1. The van der Waals surface area contributed by atoms with Gasteiger partial charge in [0.25, 0.3) is 12.4 Å². The van der Waals surface area contributed by atoms with E-state index in [1.807, 2.05) is 147 Å². The molecule has 4 heterocycles. The minimum absolute atomic E-state index is 0. The molecule has 4 aromatic carbocycles. The number of aromatic nitrogens is 2. The van der Waals surface area contributed by atoms with Gasteiger partial charge in [0.05, 0.1) is 25.3 Å². The van der Waals surface area contributed by atoms with Crippen molar-refractivity contribution in [2.75, 3.05) is 13.1 Å². The second-order valence-corrected chi connectivity index (χ2v) is 18.7. The van der Waals surface area contributed by atoms with Crippen LogP contribution in [0.25, 0.3) is 31.6 Å². The number of nitrogens with zero attached hydrogens (tertiary/aromatic N) is 2. The van der Waals surface area contributed by atoms with Gasteiger partial charge in [-0.25, -0.2) is 14.4 Å². The number of nitrogens with two attached hydrogens (primary N) is 2. The molecule has 0 aliphatic rings. The zero-order valence-electron chi connectivity index (χ0n) is 42.7. The molecule has 0 unspecified atom stereocenters. The van der Waals surface area contributed by atoms with E-state index in [2.05, 4.69) is 38.5 Å². The maximum Gasteiger partial charge on any atom is 0.408 e. The normalized spacial score (nSPS) is 10.7. The van der Waals surface area contributed by atoms with Crippen molar-refractivity contribution in [1.82, 2.24) is 20.6 Å². The van der Waals surface area contributed by atoms with Gasteiger partial charge in [-0.15, -0.1) is 35.1 Å². The van der Waals surface area contributed by atoms with Crippen molar-refractivity contribution >= 4 is 103 Å². The summed E-state index contributed by atoms with van der Waals surface area (Å²) in [6, 6.07) is 42.4. The summed E-state index contributed by atoms with van der Waals surface area (Å²) in [5, 5.41) is 14.1. The van der Waals surface area contributed by atoms with Crippen LogP contribution in [-0.4, -0.2) is 76.6 Å². The second kappa shape index (κ2) is 34.2. The predicted molar refractivity (Wildman–Crippen MR) is 312 cm³/mol. The van der Waals surface area contributed by atoms with E-state index in [-0.39, 0.29) is 52.7 Å². The van der Waals surface area contributed by atoms with E-state index in [4.69, 9.17) is 30.8 Å². The van der Waals surface area contributed by atoms with Crippen molar-refractivity contribution in [1.29, 1.82) is 0 Å². The highest BCUT2D eigenvalue weighted by Crippen LogP contribution is 2.31. The zero-order valence-corrected chi connectivity index (χ0v) is 45.2. The quantitative estimate of drug-likeness (QED) is 0.0286. The molecule has 0 saturated heterocycles. The summed E-state index contributed by atoms with van der Waals surface area (Å²) < 4.78 is 21.9. The van der Waals surface area contributed by atoms with Gasteiger partial charge in [-0.05, 0) is 82.6 Å². The van der Waals surface area contributed by atoms with Crippen LogP contribution in [0.3, 0.4) is 0 Å². The molecule has 0 fully saturated rings. The molecule has 7 N–H and O–H groups in total. The third kappa shape index (κ3) is 21.4. The van der Waals surface area contributed by atoms with Crippen molar-refractivity contribution < 1.29 is 52.8 Å². The number of benzene rings is 4.